The maximum absolute atomic E-state index is 11.9. The highest BCUT2D eigenvalue weighted by molar-refractivity contribution is 5.96. The molecule has 0 bridgehead atoms. The van der Waals surface area contributed by atoms with Crippen molar-refractivity contribution >= 4 is 17.3 Å². The average Bonchev–Trinajstić information content (AvgIpc) is 2.25. The van der Waals surface area contributed by atoms with Crippen molar-refractivity contribution in [2.75, 3.05) is 11.5 Å². The molecule has 0 fully saturated rings. The molecule has 4 heteroatoms. The van der Waals surface area contributed by atoms with Crippen molar-refractivity contribution in [3.05, 3.63) is 23.8 Å². The predicted octanol–water partition coefficient (Wildman–Crippen LogP) is 2.16. The van der Waals surface area contributed by atoms with Crippen molar-refractivity contribution in [3.63, 3.8) is 0 Å². The van der Waals surface area contributed by atoms with Crippen molar-refractivity contribution in [2.45, 2.75) is 39.2 Å². The summed E-state index contributed by atoms with van der Waals surface area (Å²) in [5, 5.41) is 2.94. The number of benzene rings is 1. The quantitative estimate of drug-likeness (QED) is 0.684. The van der Waals surface area contributed by atoms with Gasteiger partial charge in [0.2, 0.25) is 0 Å². The zero-order chi connectivity index (χ0) is 12.8. The zero-order valence-corrected chi connectivity index (χ0v) is 10.5. The Bertz CT molecular complexity index is 370. The number of hydrogen-bond donors (Lipinski definition) is 3. The predicted molar refractivity (Wildman–Crippen MR) is 71.7 cm³/mol. The van der Waals surface area contributed by atoms with Crippen molar-refractivity contribution in [3.8, 4) is 0 Å². The molecule has 0 saturated heterocycles. The average molecular weight is 235 g/mol. The smallest absolute Gasteiger partial charge is 0.251 e. The monoisotopic (exact) mass is 235 g/mol. The van der Waals surface area contributed by atoms with Gasteiger partial charge in [-0.25, -0.2) is 0 Å². The molecule has 4 nitrogen and oxygen atoms in total. The minimum Gasteiger partial charge on any atom is -0.399 e. The van der Waals surface area contributed by atoms with Crippen LogP contribution >= 0.6 is 0 Å². The van der Waals surface area contributed by atoms with E-state index < -0.39 is 0 Å². The van der Waals surface area contributed by atoms with E-state index in [-0.39, 0.29) is 11.9 Å². The van der Waals surface area contributed by atoms with Gasteiger partial charge in [0.1, 0.15) is 0 Å². The third-order valence-electron chi connectivity index (χ3n) is 2.61. The van der Waals surface area contributed by atoms with Crippen LogP contribution in [0, 0.1) is 0 Å². The van der Waals surface area contributed by atoms with Gasteiger partial charge in [0.15, 0.2) is 0 Å². The lowest BCUT2D eigenvalue weighted by atomic mass is 10.1. The molecule has 0 aromatic heterocycles. The van der Waals surface area contributed by atoms with Gasteiger partial charge < -0.3 is 16.8 Å². The van der Waals surface area contributed by atoms with Crippen LogP contribution in [0.2, 0.25) is 0 Å². The van der Waals surface area contributed by atoms with Gasteiger partial charge in [-0.15, -0.1) is 0 Å². The molecule has 17 heavy (non-hydrogen) atoms. The lowest BCUT2D eigenvalue weighted by molar-refractivity contribution is 0.0938. The van der Waals surface area contributed by atoms with Gasteiger partial charge >= 0.3 is 0 Å². The fourth-order valence-corrected chi connectivity index (χ4v) is 1.70. The molecule has 0 radical (unpaired) electrons. The van der Waals surface area contributed by atoms with E-state index in [0.717, 1.165) is 19.3 Å². The highest BCUT2D eigenvalue weighted by atomic mass is 16.1. The van der Waals surface area contributed by atoms with E-state index in [1.165, 1.54) is 0 Å². The highest BCUT2D eigenvalue weighted by Crippen LogP contribution is 2.14. The number of amides is 1. The molecule has 1 aromatic rings. The van der Waals surface area contributed by atoms with E-state index in [1.807, 2.05) is 6.92 Å². The third kappa shape index (κ3) is 4.34. The number of nitrogens with one attached hydrogen (secondary N) is 1. The first-order valence-electron chi connectivity index (χ1n) is 5.99. The molecule has 0 heterocycles. The molecule has 1 rings (SSSR count). The number of rotatable bonds is 5. The van der Waals surface area contributed by atoms with Gasteiger partial charge in [0, 0.05) is 23.0 Å². The van der Waals surface area contributed by atoms with Crippen LogP contribution in [-0.2, 0) is 0 Å². The van der Waals surface area contributed by atoms with Gasteiger partial charge in [-0.2, -0.15) is 0 Å². The van der Waals surface area contributed by atoms with Crippen LogP contribution in [0.3, 0.4) is 0 Å². The summed E-state index contributed by atoms with van der Waals surface area (Å²) >= 11 is 0. The van der Waals surface area contributed by atoms with Crippen LogP contribution in [0.1, 0.15) is 43.5 Å². The van der Waals surface area contributed by atoms with Crippen LogP contribution in [0.25, 0.3) is 0 Å². The Balaban J connectivity index is 2.63. The van der Waals surface area contributed by atoms with Crippen LogP contribution in [0.5, 0.6) is 0 Å². The second-order valence-electron chi connectivity index (χ2n) is 4.41. The van der Waals surface area contributed by atoms with E-state index in [1.54, 1.807) is 18.2 Å². The topological polar surface area (TPSA) is 81.1 Å². The maximum Gasteiger partial charge on any atom is 0.251 e. The Morgan fingerprint density at radius 1 is 1.29 bits per heavy atom. The molecule has 0 aliphatic carbocycles. The molecule has 94 valence electrons. The lowest BCUT2D eigenvalue weighted by Crippen LogP contribution is -2.32. The van der Waals surface area contributed by atoms with Crippen LogP contribution < -0.4 is 16.8 Å². The maximum atomic E-state index is 11.9. The number of hydrogen-bond acceptors (Lipinski definition) is 3. The first kappa shape index (κ1) is 13.4. The Kier molecular flexibility index (Phi) is 4.82. The molecule has 1 amide bonds. The van der Waals surface area contributed by atoms with E-state index >= 15 is 0 Å². The van der Waals surface area contributed by atoms with Crippen molar-refractivity contribution in [2.24, 2.45) is 0 Å². The fraction of sp³-hybridized carbons (Fsp3) is 0.462. The molecule has 0 spiro atoms. The summed E-state index contributed by atoms with van der Waals surface area (Å²) in [5.41, 5.74) is 12.8. The number of nitrogens with two attached hydrogens (primary N) is 2. The van der Waals surface area contributed by atoms with E-state index in [2.05, 4.69) is 12.2 Å². The molecule has 0 aliphatic heterocycles. The molecule has 0 saturated carbocycles. The molecular formula is C13H21N3O. The minimum absolute atomic E-state index is 0.118. The third-order valence-corrected chi connectivity index (χ3v) is 2.61. The molecular weight excluding hydrogens is 214 g/mol. The van der Waals surface area contributed by atoms with Gasteiger partial charge in [-0.1, -0.05) is 19.8 Å². The molecule has 5 N–H and O–H groups in total. The fourth-order valence-electron chi connectivity index (χ4n) is 1.70. The van der Waals surface area contributed by atoms with E-state index in [9.17, 15) is 4.79 Å². The van der Waals surface area contributed by atoms with Crippen LogP contribution in [0.15, 0.2) is 18.2 Å². The summed E-state index contributed by atoms with van der Waals surface area (Å²) in [6.07, 6.45) is 3.23. The lowest BCUT2D eigenvalue weighted by Gasteiger charge is -2.13. The Morgan fingerprint density at radius 2 is 1.88 bits per heavy atom. The van der Waals surface area contributed by atoms with Gasteiger partial charge in [0.05, 0.1) is 0 Å². The summed E-state index contributed by atoms with van der Waals surface area (Å²) in [5.74, 6) is -0.118. The van der Waals surface area contributed by atoms with Gasteiger partial charge in [0.25, 0.3) is 5.91 Å². The number of unbranched alkanes of at least 4 members (excludes halogenated alkanes) is 1. The summed E-state index contributed by atoms with van der Waals surface area (Å²) in [4.78, 5) is 11.9. The molecule has 1 unspecified atom stereocenters. The number of anilines is 2. The SMILES string of the molecule is CCCCC(C)NC(=O)c1cc(N)cc(N)c1. The van der Waals surface area contributed by atoms with Crippen LogP contribution in [-0.4, -0.2) is 11.9 Å². The van der Waals surface area contributed by atoms with Gasteiger partial charge in [-0.05, 0) is 31.5 Å². The second kappa shape index (κ2) is 6.13. The summed E-state index contributed by atoms with van der Waals surface area (Å²) in [7, 11) is 0. The molecule has 1 aromatic carbocycles. The van der Waals surface area contributed by atoms with E-state index in [4.69, 9.17) is 11.5 Å². The first-order valence-corrected chi connectivity index (χ1v) is 5.99. The van der Waals surface area contributed by atoms with Crippen molar-refractivity contribution in [1.82, 2.24) is 5.32 Å². The minimum atomic E-state index is -0.118. The van der Waals surface area contributed by atoms with Crippen LogP contribution in [0.4, 0.5) is 11.4 Å². The normalized spacial score (nSPS) is 12.1. The van der Waals surface area contributed by atoms with Crippen molar-refractivity contribution in [1.29, 1.82) is 0 Å². The Labute approximate surface area is 102 Å². The number of carbonyl (C=O) groups is 1. The second-order valence-corrected chi connectivity index (χ2v) is 4.41. The summed E-state index contributed by atoms with van der Waals surface area (Å²) in [6, 6.07) is 5.08. The first-order chi connectivity index (χ1) is 8.02. The molecule has 1 atom stereocenters. The Morgan fingerprint density at radius 3 is 2.41 bits per heavy atom. The van der Waals surface area contributed by atoms with Crippen molar-refractivity contribution < 1.29 is 4.79 Å². The van der Waals surface area contributed by atoms with Gasteiger partial charge in [-0.3, -0.25) is 4.79 Å². The Hall–Kier alpha value is -1.71. The highest BCUT2D eigenvalue weighted by Gasteiger charge is 2.10. The largest absolute Gasteiger partial charge is 0.399 e. The number of carbonyl (C=O) groups excluding carboxylic acids is 1. The number of nitrogen functional groups attached to an aromatic ring is 2. The standard InChI is InChI=1S/C13H21N3O/c1-3-4-5-9(2)16-13(17)10-6-11(14)8-12(15)7-10/h6-9H,3-5,14-15H2,1-2H3,(H,16,17). The van der Waals surface area contributed by atoms with E-state index in [0.29, 0.717) is 16.9 Å². The summed E-state index contributed by atoms with van der Waals surface area (Å²) in [6.45, 7) is 4.14. The zero-order valence-electron chi connectivity index (χ0n) is 10.5. The molecule has 0 aliphatic rings. The summed E-state index contributed by atoms with van der Waals surface area (Å²) < 4.78 is 0.